The van der Waals surface area contributed by atoms with E-state index in [0.29, 0.717) is 38.3 Å². The number of hydrogen-bond donors (Lipinski definition) is 2. The van der Waals surface area contributed by atoms with E-state index in [9.17, 15) is 22.8 Å². The molecule has 0 saturated heterocycles. The third kappa shape index (κ3) is 5.21. The normalized spacial score (nSPS) is 11.2. The standard InChI is InChI=1S/C21H18F3N3O3S/c1-11-18(31-20(25-11)13-4-6-14(7-5-13)21(22,23)24)19(29)27-16-10-15(26-12(2)28)8-9-17(16)30-3/h4-10H,1-3H3,(H,26,28)(H,27,29). The first-order valence-corrected chi connectivity index (χ1v) is 9.82. The second kappa shape index (κ2) is 8.76. The van der Waals surface area contributed by atoms with Crippen LogP contribution in [0, 0.1) is 6.92 Å². The molecule has 3 rings (SSSR count). The molecule has 0 aliphatic rings. The first-order valence-electron chi connectivity index (χ1n) is 9.00. The third-order valence-corrected chi connectivity index (χ3v) is 5.44. The Bertz CT molecular complexity index is 1130. The summed E-state index contributed by atoms with van der Waals surface area (Å²) in [7, 11) is 1.45. The topological polar surface area (TPSA) is 80.3 Å². The average molecular weight is 449 g/mol. The summed E-state index contributed by atoms with van der Waals surface area (Å²) in [5.41, 5.74) is 0.992. The van der Waals surface area contributed by atoms with Gasteiger partial charge in [-0.1, -0.05) is 12.1 Å². The summed E-state index contributed by atoms with van der Waals surface area (Å²) in [6, 6.07) is 9.40. The number of thiazole rings is 1. The molecule has 1 aromatic heterocycles. The van der Waals surface area contributed by atoms with Crippen LogP contribution in [-0.4, -0.2) is 23.9 Å². The molecule has 2 N–H and O–H groups in total. The number of aromatic nitrogens is 1. The van der Waals surface area contributed by atoms with Crippen molar-refractivity contribution in [3.8, 4) is 16.3 Å². The van der Waals surface area contributed by atoms with Gasteiger partial charge in [0.15, 0.2) is 0 Å². The molecule has 6 nitrogen and oxygen atoms in total. The minimum absolute atomic E-state index is 0.262. The fraction of sp³-hybridized carbons (Fsp3) is 0.190. The number of ether oxygens (including phenoxy) is 1. The average Bonchev–Trinajstić information content (AvgIpc) is 3.09. The predicted octanol–water partition coefficient (Wildman–Crippen LogP) is 5.36. The molecule has 31 heavy (non-hydrogen) atoms. The minimum atomic E-state index is -4.42. The number of benzene rings is 2. The van der Waals surface area contributed by atoms with Crippen LogP contribution in [0.4, 0.5) is 24.5 Å². The van der Waals surface area contributed by atoms with Crippen molar-refractivity contribution in [1.29, 1.82) is 0 Å². The Hall–Kier alpha value is -3.40. The van der Waals surface area contributed by atoms with E-state index in [-0.39, 0.29) is 5.91 Å². The molecular weight excluding hydrogens is 431 g/mol. The summed E-state index contributed by atoms with van der Waals surface area (Å²) in [6.45, 7) is 3.01. The SMILES string of the molecule is COc1ccc(NC(C)=O)cc1NC(=O)c1sc(-c2ccc(C(F)(F)F)cc2)nc1C. The monoisotopic (exact) mass is 449 g/mol. The molecular formula is C21H18F3N3O3S. The van der Waals surface area contributed by atoms with Gasteiger partial charge in [0.1, 0.15) is 15.6 Å². The molecule has 0 spiro atoms. The number of methoxy groups -OCH3 is 1. The van der Waals surface area contributed by atoms with Crippen LogP contribution in [0.1, 0.15) is 27.9 Å². The fourth-order valence-corrected chi connectivity index (χ4v) is 3.77. The Morgan fingerprint density at radius 1 is 1.06 bits per heavy atom. The lowest BCUT2D eigenvalue weighted by atomic mass is 10.1. The summed E-state index contributed by atoms with van der Waals surface area (Å²) in [6.07, 6.45) is -4.42. The van der Waals surface area contributed by atoms with Crippen molar-refractivity contribution in [2.24, 2.45) is 0 Å². The van der Waals surface area contributed by atoms with Crippen LogP contribution in [0.2, 0.25) is 0 Å². The van der Waals surface area contributed by atoms with Gasteiger partial charge in [0, 0.05) is 18.2 Å². The highest BCUT2D eigenvalue weighted by atomic mass is 32.1. The number of carbonyl (C=O) groups excluding carboxylic acids is 2. The van der Waals surface area contributed by atoms with Crippen molar-refractivity contribution in [3.63, 3.8) is 0 Å². The van der Waals surface area contributed by atoms with Gasteiger partial charge in [-0.25, -0.2) is 4.98 Å². The number of nitrogens with zero attached hydrogens (tertiary/aromatic N) is 1. The lowest BCUT2D eigenvalue weighted by Gasteiger charge is -2.12. The smallest absolute Gasteiger partial charge is 0.416 e. The number of halogens is 3. The van der Waals surface area contributed by atoms with Crippen LogP contribution < -0.4 is 15.4 Å². The zero-order valence-electron chi connectivity index (χ0n) is 16.8. The molecule has 0 radical (unpaired) electrons. The van der Waals surface area contributed by atoms with E-state index in [0.717, 1.165) is 23.5 Å². The summed E-state index contributed by atoms with van der Waals surface area (Å²) in [5.74, 6) is -0.319. The van der Waals surface area contributed by atoms with E-state index in [1.165, 1.54) is 26.2 Å². The largest absolute Gasteiger partial charge is 0.495 e. The van der Waals surface area contributed by atoms with Crippen LogP contribution in [-0.2, 0) is 11.0 Å². The van der Waals surface area contributed by atoms with E-state index in [1.807, 2.05) is 0 Å². The van der Waals surface area contributed by atoms with E-state index in [4.69, 9.17) is 4.74 Å². The molecule has 10 heteroatoms. The van der Waals surface area contributed by atoms with E-state index < -0.39 is 17.6 Å². The second-order valence-electron chi connectivity index (χ2n) is 6.56. The number of anilines is 2. The van der Waals surface area contributed by atoms with Crippen LogP contribution in [0.3, 0.4) is 0 Å². The first kappa shape index (κ1) is 22.3. The van der Waals surface area contributed by atoms with Crippen molar-refractivity contribution in [1.82, 2.24) is 4.98 Å². The maximum Gasteiger partial charge on any atom is 0.416 e. The Morgan fingerprint density at radius 3 is 2.32 bits per heavy atom. The van der Waals surface area contributed by atoms with Crippen LogP contribution in [0.5, 0.6) is 5.75 Å². The number of alkyl halides is 3. The van der Waals surface area contributed by atoms with Gasteiger partial charge in [0.2, 0.25) is 5.91 Å². The van der Waals surface area contributed by atoms with Crippen molar-refractivity contribution in [2.45, 2.75) is 20.0 Å². The summed E-state index contributed by atoms with van der Waals surface area (Å²) < 4.78 is 43.5. The molecule has 0 bridgehead atoms. The Balaban J connectivity index is 1.85. The van der Waals surface area contributed by atoms with Crippen LogP contribution in [0.15, 0.2) is 42.5 Å². The van der Waals surface area contributed by atoms with Gasteiger partial charge in [-0.3, -0.25) is 9.59 Å². The van der Waals surface area contributed by atoms with Gasteiger partial charge >= 0.3 is 6.18 Å². The molecule has 162 valence electrons. The number of rotatable bonds is 5. The number of carbonyl (C=O) groups is 2. The summed E-state index contributed by atoms with van der Waals surface area (Å²) in [4.78, 5) is 28.7. The molecule has 0 unspecified atom stereocenters. The quantitative estimate of drug-likeness (QED) is 0.550. The number of aryl methyl sites for hydroxylation is 1. The van der Waals surface area contributed by atoms with Gasteiger partial charge in [-0.15, -0.1) is 11.3 Å². The van der Waals surface area contributed by atoms with E-state index >= 15 is 0 Å². The molecule has 1 heterocycles. The van der Waals surface area contributed by atoms with Crippen molar-refractivity contribution < 1.29 is 27.5 Å². The highest BCUT2D eigenvalue weighted by Crippen LogP contribution is 2.34. The molecule has 0 fully saturated rings. The Labute approximate surface area is 180 Å². The molecule has 0 atom stereocenters. The molecule has 2 amide bonds. The molecule has 0 aliphatic heterocycles. The fourth-order valence-electron chi connectivity index (χ4n) is 2.80. The summed E-state index contributed by atoms with van der Waals surface area (Å²) >= 11 is 1.07. The van der Waals surface area contributed by atoms with Gasteiger partial charge < -0.3 is 15.4 Å². The lowest BCUT2D eigenvalue weighted by Crippen LogP contribution is -2.13. The number of amides is 2. The maximum absolute atomic E-state index is 12.8. The molecule has 0 aliphatic carbocycles. The first-order chi connectivity index (χ1) is 14.6. The highest BCUT2D eigenvalue weighted by Gasteiger charge is 2.30. The molecule has 2 aromatic carbocycles. The second-order valence-corrected chi connectivity index (χ2v) is 7.56. The van der Waals surface area contributed by atoms with Crippen molar-refractivity contribution >= 4 is 34.5 Å². The van der Waals surface area contributed by atoms with E-state index in [2.05, 4.69) is 15.6 Å². The van der Waals surface area contributed by atoms with Crippen molar-refractivity contribution in [3.05, 3.63) is 58.6 Å². The number of nitrogens with one attached hydrogen (secondary N) is 2. The van der Waals surface area contributed by atoms with Gasteiger partial charge in [0.05, 0.1) is 24.1 Å². The Kier molecular flexibility index (Phi) is 6.30. The zero-order chi connectivity index (χ0) is 22.8. The van der Waals surface area contributed by atoms with Gasteiger partial charge in [-0.2, -0.15) is 13.2 Å². The van der Waals surface area contributed by atoms with Crippen LogP contribution in [0.25, 0.3) is 10.6 Å². The van der Waals surface area contributed by atoms with Gasteiger partial charge in [0.25, 0.3) is 5.91 Å². The molecule has 3 aromatic rings. The Morgan fingerprint density at radius 2 is 1.74 bits per heavy atom. The molecule has 0 saturated carbocycles. The minimum Gasteiger partial charge on any atom is -0.495 e. The highest BCUT2D eigenvalue weighted by molar-refractivity contribution is 7.17. The van der Waals surface area contributed by atoms with Crippen LogP contribution >= 0.6 is 11.3 Å². The summed E-state index contributed by atoms with van der Waals surface area (Å²) in [5, 5.41) is 5.78. The lowest BCUT2D eigenvalue weighted by molar-refractivity contribution is -0.137. The van der Waals surface area contributed by atoms with Gasteiger partial charge in [-0.05, 0) is 37.3 Å². The van der Waals surface area contributed by atoms with E-state index in [1.54, 1.807) is 25.1 Å². The zero-order valence-corrected chi connectivity index (χ0v) is 17.6. The number of hydrogen-bond acceptors (Lipinski definition) is 5. The maximum atomic E-state index is 12.8. The van der Waals surface area contributed by atoms with Crippen molar-refractivity contribution in [2.75, 3.05) is 17.7 Å². The third-order valence-electron chi connectivity index (χ3n) is 4.23. The predicted molar refractivity (Wildman–Crippen MR) is 113 cm³/mol.